The first-order valence-corrected chi connectivity index (χ1v) is 5.98. The third-order valence-corrected chi connectivity index (χ3v) is 3.08. The lowest BCUT2D eigenvalue weighted by atomic mass is 10.1. The standard InChI is InChI=1S/C12H20N4/c1-2-11(13)10-3-4-12(15-9-10)16-7-5-14-6-8-16/h3-4,9,11,14H,2,5-8,13H2,1H3/t11-/m1/s1. The molecule has 1 fully saturated rings. The minimum absolute atomic E-state index is 0.115. The maximum absolute atomic E-state index is 5.96. The van der Waals surface area contributed by atoms with Crippen molar-refractivity contribution < 1.29 is 0 Å². The zero-order valence-corrected chi connectivity index (χ0v) is 9.82. The number of rotatable bonds is 3. The van der Waals surface area contributed by atoms with Crippen LogP contribution in [0.2, 0.25) is 0 Å². The van der Waals surface area contributed by atoms with E-state index in [2.05, 4.69) is 34.3 Å². The van der Waals surface area contributed by atoms with Gasteiger partial charge in [0.05, 0.1) is 0 Å². The molecule has 0 aliphatic carbocycles. The number of pyridine rings is 1. The first kappa shape index (κ1) is 11.4. The van der Waals surface area contributed by atoms with Gasteiger partial charge in [-0.3, -0.25) is 0 Å². The fraction of sp³-hybridized carbons (Fsp3) is 0.583. The molecule has 1 aliphatic rings. The Labute approximate surface area is 96.8 Å². The van der Waals surface area contributed by atoms with Crippen molar-refractivity contribution in [3.05, 3.63) is 23.9 Å². The molecule has 0 unspecified atom stereocenters. The van der Waals surface area contributed by atoms with Crippen LogP contribution >= 0.6 is 0 Å². The molecule has 0 bridgehead atoms. The van der Waals surface area contributed by atoms with E-state index in [1.54, 1.807) is 0 Å². The van der Waals surface area contributed by atoms with Gasteiger partial charge in [0.1, 0.15) is 5.82 Å². The van der Waals surface area contributed by atoms with Crippen LogP contribution in [-0.4, -0.2) is 31.2 Å². The Morgan fingerprint density at radius 2 is 2.19 bits per heavy atom. The number of nitrogens with one attached hydrogen (secondary N) is 1. The van der Waals surface area contributed by atoms with Crippen molar-refractivity contribution in [3.63, 3.8) is 0 Å². The monoisotopic (exact) mass is 220 g/mol. The SMILES string of the molecule is CC[C@@H](N)c1ccc(N2CCNCC2)nc1. The van der Waals surface area contributed by atoms with Crippen molar-refractivity contribution in [1.29, 1.82) is 0 Å². The summed E-state index contributed by atoms with van der Waals surface area (Å²) >= 11 is 0. The number of hydrogen-bond acceptors (Lipinski definition) is 4. The van der Waals surface area contributed by atoms with Crippen molar-refractivity contribution in [2.45, 2.75) is 19.4 Å². The van der Waals surface area contributed by atoms with Crippen molar-refractivity contribution in [2.24, 2.45) is 5.73 Å². The fourth-order valence-electron chi connectivity index (χ4n) is 1.93. The fourth-order valence-corrected chi connectivity index (χ4v) is 1.93. The molecule has 1 aliphatic heterocycles. The Bertz CT molecular complexity index is 316. The maximum atomic E-state index is 5.96. The summed E-state index contributed by atoms with van der Waals surface area (Å²) in [7, 11) is 0. The Balaban J connectivity index is 2.06. The van der Waals surface area contributed by atoms with Crippen molar-refractivity contribution >= 4 is 5.82 Å². The van der Waals surface area contributed by atoms with Gasteiger partial charge in [0, 0.05) is 38.4 Å². The largest absolute Gasteiger partial charge is 0.354 e. The molecule has 0 spiro atoms. The van der Waals surface area contributed by atoms with E-state index < -0.39 is 0 Å². The van der Waals surface area contributed by atoms with Gasteiger partial charge in [0.2, 0.25) is 0 Å². The van der Waals surface area contributed by atoms with Crippen LogP contribution in [0.5, 0.6) is 0 Å². The predicted molar refractivity (Wildman–Crippen MR) is 66.5 cm³/mol. The first-order valence-electron chi connectivity index (χ1n) is 5.98. The first-order chi connectivity index (χ1) is 7.81. The Morgan fingerprint density at radius 1 is 1.44 bits per heavy atom. The average Bonchev–Trinajstić information content (AvgIpc) is 2.39. The smallest absolute Gasteiger partial charge is 0.128 e. The quantitative estimate of drug-likeness (QED) is 0.794. The van der Waals surface area contributed by atoms with Gasteiger partial charge in [0.25, 0.3) is 0 Å². The summed E-state index contributed by atoms with van der Waals surface area (Å²) in [5.74, 6) is 1.06. The Morgan fingerprint density at radius 3 is 2.75 bits per heavy atom. The number of aromatic nitrogens is 1. The molecule has 0 amide bonds. The third-order valence-electron chi connectivity index (χ3n) is 3.08. The van der Waals surface area contributed by atoms with E-state index in [4.69, 9.17) is 5.73 Å². The average molecular weight is 220 g/mol. The van der Waals surface area contributed by atoms with Gasteiger partial charge in [-0.1, -0.05) is 13.0 Å². The van der Waals surface area contributed by atoms with E-state index in [1.165, 1.54) is 0 Å². The molecule has 1 aromatic heterocycles. The molecule has 0 aromatic carbocycles. The summed E-state index contributed by atoms with van der Waals surface area (Å²) < 4.78 is 0. The van der Waals surface area contributed by atoms with E-state index in [-0.39, 0.29) is 6.04 Å². The Kier molecular flexibility index (Phi) is 3.74. The molecular weight excluding hydrogens is 200 g/mol. The highest BCUT2D eigenvalue weighted by Gasteiger charge is 2.11. The van der Waals surface area contributed by atoms with Crippen molar-refractivity contribution in [3.8, 4) is 0 Å². The number of nitrogens with two attached hydrogens (primary N) is 1. The highest BCUT2D eigenvalue weighted by atomic mass is 15.2. The summed E-state index contributed by atoms with van der Waals surface area (Å²) in [5, 5.41) is 3.33. The molecule has 0 saturated carbocycles. The highest BCUT2D eigenvalue weighted by Crippen LogP contribution is 2.16. The van der Waals surface area contributed by atoms with Crippen LogP contribution in [0.4, 0.5) is 5.82 Å². The van der Waals surface area contributed by atoms with Crippen LogP contribution in [0.1, 0.15) is 24.9 Å². The summed E-state index contributed by atoms with van der Waals surface area (Å²) in [6.07, 6.45) is 2.86. The molecule has 16 heavy (non-hydrogen) atoms. The van der Waals surface area contributed by atoms with Crippen molar-refractivity contribution in [2.75, 3.05) is 31.1 Å². The van der Waals surface area contributed by atoms with Gasteiger partial charge >= 0.3 is 0 Å². The molecule has 4 nitrogen and oxygen atoms in total. The molecule has 2 rings (SSSR count). The lowest BCUT2D eigenvalue weighted by Crippen LogP contribution is -2.43. The Hall–Kier alpha value is -1.13. The van der Waals surface area contributed by atoms with Gasteiger partial charge in [-0.05, 0) is 18.1 Å². The van der Waals surface area contributed by atoms with Crippen LogP contribution in [-0.2, 0) is 0 Å². The molecule has 1 atom stereocenters. The molecule has 3 N–H and O–H groups in total. The third kappa shape index (κ3) is 2.51. The summed E-state index contributed by atoms with van der Waals surface area (Å²) in [4.78, 5) is 6.79. The molecule has 0 radical (unpaired) electrons. The van der Waals surface area contributed by atoms with Crippen LogP contribution < -0.4 is 16.0 Å². The van der Waals surface area contributed by atoms with Crippen LogP contribution in [0.15, 0.2) is 18.3 Å². The van der Waals surface area contributed by atoms with Gasteiger partial charge in [-0.2, -0.15) is 0 Å². The van der Waals surface area contributed by atoms with E-state index >= 15 is 0 Å². The topological polar surface area (TPSA) is 54.2 Å². The van der Waals surface area contributed by atoms with Gasteiger partial charge in [0.15, 0.2) is 0 Å². The molecule has 2 heterocycles. The van der Waals surface area contributed by atoms with Crippen molar-refractivity contribution in [1.82, 2.24) is 10.3 Å². The maximum Gasteiger partial charge on any atom is 0.128 e. The second-order valence-electron chi connectivity index (χ2n) is 4.20. The zero-order valence-electron chi connectivity index (χ0n) is 9.82. The van der Waals surface area contributed by atoms with Crippen LogP contribution in [0.3, 0.4) is 0 Å². The second-order valence-corrected chi connectivity index (χ2v) is 4.20. The number of anilines is 1. The lowest BCUT2D eigenvalue weighted by molar-refractivity contribution is 0.584. The van der Waals surface area contributed by atoms with E-state index in [0.717, 1.165) is 44.0 Å². The molecule has 1 saturated heterocycles. The molecular formula is C12H20N4. The highest BCUT2D eigenvalue weighted by molar-refractivity contribution is 5.40. The van der Waals surface area contributed by atoms with Crippen LogP contribution in [0, 0.1) is 0 Å². The normalized spacial score (nSPS) is 18.5. The summed E-state index contributed by atoms with van der Waals surface area (Å²) in [5.41, 5.74) is 7.09. The number of nitrogens with zero attached hydrogens (tertiary/aromatic N) is 2. The number of piperazine rings is 1. The van der Waals surface area contributed by atoms with Gasteiger partial charge < -0.3 is 16.0 Å². The van der Waals surface area contributed by atoms with Crippen LogP contribution in [0.25, 0.3) is 0 Å². The zero-order chi connectivity index (χ0) is 11.4. The molecule has 4 heteroatoms. The summed E-state index contributed by atoms with van der Waals surface area (Å²) in [6.45, 7) is 6.24. The summed E-state index contributed by atoms with van der Waals surface area (Å²) in [6, 6.07) is 4.29. The second kappa shape index (κ2) is 5.27. The van der Waals surface area contributed by atoms with E-state index in [9.17, 15) is 0 Å². The minimum Gasteiger partial charge on any atom is -0.354 e. The molecule has 88 valence electrons. The van der Waals surface area contributed by atoms with Gasteiger partial charge in [-0.15, -0.1) is 0 Å². The number of hydrogen-bond donors (Lipinski definition) is 2. The minimum atomic E-state index is 0.115. The predicted octanol–water partition coefficient (Wildman–Crippen LogP) is 0.901. The molecule has 1 aromatic rings. The van der Waals surface area contributed by atoms with Gasteiger partial charge in [-0.25, -0.2) is 4.98 Å². The van der Waals surface area contributed by atoms with E-state index in [1.807, 2.05) is 6.20 Å². The van der Waals surface area contributed by atoms with E-state index in [0.29, 0.717) is 0 Å². The lowest BCUT2D eigenvalue weighted by Gasteiger charge is -2.28.